The molecule has 2 aliphatic heterocycles. The Labute approximate surface area is 133 Å². The van der Waals surface area contributed by atoms with Crippen LogP contribution in [-0.4, -0.2) is 71.8 Å². The molecule has 128 valence electrons. The molecule has 4 N–H and O–H groups in total. The molecule has 2 heterocycles. The predicted molar refractivity (Wildman–Crippen MR) is 78.7 cm³/mol. The van der Waals surface area contributed by atoms with Crippen LogP contribution in [0.1, 0.15) is 25.7 Å². The van der Waals surface area contributed by atoms with Crippen molar-refractivity contribution in [3.63, 3.8) is 0 Å². The number of hydrogen-bond donors (Lipinski definition) is 2. The van der Waals surface area contributed by atoms with Crippen LogP contribution in [0, 0.1) is 0 Å². The van der Waals surface area contributed by atoms with Crippen molar-refractivity contribution in [3.8, 4) is 0 Å². The van der Waals surface area contributed by atoms with Crippen molar-refractivity contribution >= 4 is 23.8 Å². The van der Waals surface area contributed by atoms with Gasteiger partial charge in [-0.25, -0.2) is 9.59 Å². The van der Waals surface area contributed by atoms with E-state index in [0.717, 1.165) is 0 Å². The van der Waals surface area contributed by atoms with E-state index in [0.29, 0.717) is 38.8 Å². The summed E-state index contributed by atoms with van der Waals surface area (Å²) in [6.45, 7) is 0.453. The van der Waals surface area contributed by atoms with Gasteiger partial charge in [0.15, 0.2) is 0 Å². The zero-order chi connectivity index (χ0) is 17.0. The van der Waals surface area contributed by atoms with Gasteiger partial charge < -0.3 is 26.0 Å². The number of amides is 2. The third-order valence-electron chi connectivity index (χ3n) is 4.24. The molecule has 0 saturated carbocycles. The monoisotopic (exact) mass is 326 g/mol. The molecule has 0 bridgehead atoms. The van der Waals surface area contributed by atoms with Crippen molar-refractivity contribution in [1.29, 1.82) is 0 Å². The second-order valence-electron chi connectivity index (χ2n) is 5.64. The van der Waals surface area contributed by atoms with Gasteiger partial charge in [-0.1, -0.05) is 0 Å². The summed E-state index contributed by atoms with van der Waals surface area (Å²) in [6.07, 6.45) is 2.18. The quantitative estimate of drug-likeness (QED) is 0.448. The molecule has 2 aliphatic rings. The number of nitrogens with two attached hydrogens (primary N) is 2. The largest absolute Gasteiger partial charge is 0.390 e. The van der Waals surface area contributed by atoms with Gasteiger partial charge in [0.05, 0.1) is 13.1 Å². The fraction of sp³-hybridized carbons (Fsp3) is 0.714. The maximum Gasteiger partial charge on any atom is 0.336 e. The van der Waals surface area contributed by atoms with Gasteiger partial charge in [0.2, 0.25) is 11.8 Å². The van der Waals surface area contributed by atoms with Crippen LogP contribution in [0.25, 0.3) is 0 Å². The summed E-state index contributed by atoms with van der Waals surface area (Å²) < 4.78 is 4.92. The van der Waals surface area contributed by atoms with Crippen molar-refractivity contribution < 1.29 is 23.9 Å². The molecule has 9 heteroatoms. The standard InChI is InChI=1S/C14H22N4O5/c15-7-11(19)17-5-1-3-9(17)13(21)23-14(22)10-4-2-6-18(10)12(20)8-16/h9-10H,1-8,15-16H2/t9-,10-/m0/s1. The average molecular weight is 326 g/mol. The first-order chi connectivity index (χ1) is 11.0. The van der Waals surface area contributed by atoms with Crippen molar-refractivity contribution in [1.82, 2.24) is 9.80 Å². The highest BCUT2D eigenvalue weighted by Gasteiger charge is 2.39. The van der Waals surface area contributed by atoms with E-state index >= 15 is 0 Å². The third-order valence-corrected chi connectivity index (χ3v) is 4.24. The summed E-state index contributed by atoms with van der Waals surface area (Å²) in [5, 5.41) is 0. The molecular formula is C14H22N4O5. The molecule has 2 fully saturated rings. The van der Waals surface area contributed by atoms with E-state index in [4.69, 9.17) is 16.2 Å². The first-order valence-electron chi connectivity index (χ1n) is 7.74. The second kappa shape index (κ2) is 7.51. The number of rotatable bonds is 4. The number of nitrogens with zero attached hydrogens (tertiary/aromatic N) is 2. The van der Waals surface area contributed by atoms with E-state index in [1.54, 1.807) is 0 Å². The predicted octanol–water partition coefficient (Wildman–Crippen LogP) is -2.04. The highest BCUT2D eigenvalue weighted by atomic mass is 16.6. The minimum Gasteiger partial charge on any atom is -0.390 e. The molecule has 23 heavy (non-hydrogen) atoms. The van der Waals surface area contributed by atoms with Crippen LogP contribution in [0.5, 0.6) is 0 Å². The van der Waals surface area contributed by atoms with Gasteiger partial charge in [-0.05, 0) is 25.7 Å². The van der Waals surface area contributed by atoms with E-state index in [-0.39, 0.29) is 24.9 Å². The van der Waals surface area contributed by atoms with Crippen LogP contribution in [-0.2, 0) is 23.9 Å². The number of likely N-dealkylation sites (tertiary alicyclic amines) is 2. The Balaban J connectivity index is 1.98. The minimum absolute atomic E-state index is 0.195. The van der Waals surface area contributed by atoms with Crippen LogP contribution >= 0.6 is 0 Å². The highest BCUT2D eigenvalue weighted by Crippen LogP contribution is 2.21. The number of ether oxygens (including phenoxy) is 1. The zero-order valence-corrected chi connectivity index (χ0v) is 12.9. The van der Waals surface area contributed by atoms with Gasteiger partial charge in [0.1, 0.15) is 12.1 Å². The van der Waals surface area contributed by atoms with Gasteiger partial charge in [-0.3, -0.25) is 9.59 Å². The maximum absolute atomic E-state index is 12.2. The molecule has 2 amide bonds. The van der Waals surface area contributed by atoms with Crippen LogP contribution < -0.4 is 11.5 Å². The lowest BCUT2D eigenvalue weighted by molar-refractivity contribution is -0.168. The van der Waals surface area contributed by atoms with Crippen LogP contribution in [0.4, 0.5) is 0 Å². The van der Waals surface area contributed by atoms with Gasteiger partial charge in [0.25, 0.3) is 0 Å². The summed E-state index contributed by atoms with van der Waals surface area (Å²) in [6, 6.07) is -1.56. The zero-order valence-electron chi connectivity index (χ0n) is 12.9. The molecule has 9 nitrogen and oxygen atoms in total. The highest BCUT2D eigenvalue weighted by molar-refractivity contribution is 5.95. The number of esters is 2. The van der Waals surface area contributed by atoms with Crippen molar-refractivity contribution in [3.05, 3.63) is 0 Å². The number of hydrogen-bond acceptors (Lipinski definition) is 7. The SMILES string of the molecule is NCC(=O)N1CCC[C@H]1C(=O)OC(=O)[C@@H]1CCCN1C(=O)CN. The lowest BCUT2D eigenvalue weighted by Gasteiger charge is -2.25. The van der Waals surface area contributed by atoms with E-state index in [1.807, 2.05) is 0 Å². The minimum atomic E-state index is -0.782. The first kappa shape index (κ1) is 17.4. The number of carbonyl (C=O) groups is 4. The average Bonchev–Trinajstić information content (AvgIpc) is 3.21. The molecule has 0 aliphatic carbocycles. The fourth-order valence-corrected chi connectivity index (χ4v) is 3.09. The second-order valence-corrected chi connectivity index (χ2v) is 5.64. The molecule has 0 aromatic carbocycles. The van der Waals surface area contributed by atoms with Gasteiger partial charge in [-0.15, -0.1) is 0 Å². The molecule has 2 rings (SSSR count). The van der Waals surface area contributed by atoms with Crippen molar-refractivity contribution in [2.24, 2.45) is 11.5 Å². The molecule has 2 atom stereocenters. The Bertz CT molecular complexity index is 465. The molecule has 0 unspecified atom stereocenters. The Hall–Kier alpha value is -2.00. The van der Waals surface area contributed by atoms with Gasteiger partial charge in [0, 0.05) is 13.1 Å². The molecule has 0 aromatic heterocycles. The Kier molecular flexibility index (Phi) is 5.67. The molecule has 0 radical (unpaired) electrons. The normalized spacial score (nSPS) is 23.9. The fourth-order valence-electron chi connectivity index (χ4n) is 3.09. The van der Waals surface area contributed by atoms with Crippen molar-refractivity contribution in [2.45, 2.75) is 37.8 Å². The summed E-state index contributed by atoms with van der Waals surface area (Å²) in [5.74, 6) is -2.22. The van der Waals surface area contributed by atoms with Gasteiger partial charge in [-0.2, -0.15) is 0 Å². The third kappa shape index (κ3) is 3.67. The number of carbonyl (C=O) groups excluding carboxylic acids is 4. The van der Waals surface area contributed by atoms with Crippen LogP contribution in [0.3, 0.4) is 0 Å². The van der Waals surface area contributed by atoms with Crippen LogP contribution in [0.2, 0.25) is 0 Å². The van der Waals surface area contributed by atoms with E-state index in [2.05, 4.69) is 0 Å². The van der Waals surface area contributed by atoms with E-state index in [9.17, 15) is 19.2 Å². The van der Waals surface area contributed by atoms with Crippen LogP contribution in [0.15, 0.2) is 0 Å². The Morgan fingerprint density at radius 2 is 1.22 bits per heavy atom. The van der Waals surface area contributed by atoms with Crippen molar-refractivity contribution in [2.75, 3.05) is 26.2 Å². The van der Waals surface area contributed by atoms with E-state index in [1.165, 1.54) is 9.80 Å². The van der Waals surface area contributed by atoms with E-state index < -0.39 is 24.0 Å². The molecule has 2 saturated heterocycles. The summed E-state index contributed by atoms with van der Waals surface area (Å²) in [4.78, 5) is 50.4. The smallest absolute Gasteiger partial charge is 0.336 e. The Morgan fingerprint density at radius 3 is 1.57 bits per heavy atom. The maximum atomic E-state index is 12.2. The molecular weight excluding hydrogens is 304 g/mol. The summed E-state index contributed by atoms with van der Waals surface area (Å²) >= 11 is 0. The molecule has 0 spiro atoms. The first-order valence-corrected chi connectivity index (χ1v) is 7.74. The lowest BCUT2D eigenvalue weighted by Crippen LogP contribution is -2.48. The lowest BCUT2D eigenvalue weighted by atomic mass is 10.2. The topological polar surface area (TPSA) is 136 Å². The Morgan fingerprint density at radius 1 is 0.826 bits per heavy atom. The van der Waals surface area contributed by atoms with Gasteiger partial charge >= 0.3 is 11.9 Å². The summed E-state index contributed by atoms with van der Waals surface area (Å²) in [5.41, 5.74) is 10.6. The summed E-state index contributed by atoms with van der Waals surface area (Å²) in [7, 11) is 0. The molecule has 0 aromatic rings.